The number of amides is 1. The van der Waals surface area contributed by atoms with Gasteiger partial charge < -0.3 is 10.1 Å². The minimum atomic E-state index is -1.66. The molecule has 11 heteroatoms. The number of nitrogens with one attached hydrogen (secondary N) is 1. The number of aromatic nitrogens is 3. The van der Waals surface area contributed by atoms with E-state index >= 15 is 0 Å². The standard InChI is InChI=1S/C22H20F4N4O2S/c1-12(21(31)27-17-9-8-16(24)18(25)19(17)26)33-22-29-28-20(13-4-6-14(23)7-5-13)30(22)11-15-3-2-10-32-15/h4-9,12,15H,2-3,10-11H2,1H3,(H,27,31). The normalized spacial score (nSPS) is 16.7. The molecule has 2 heterocycles. The molecule has 0 bridgehead atoms. The predicted octanol–water partition coefficient (Wildman–Crippen LogP) is 4.80. The van der Waals surface area contributed by atoms with Crippen molar-refractivity contribution in [1.29, 1.82) is 0 Å². The highest BCUT2D eigenvalue weighted by atomic mass is 32.2. The fourth-order valence-corrected chi connectivity index (χ4v) is 4.27. The molecule has 1 saturated heterocycles. The summed E-state index contributed by atoms with van der Waals surface area (Å²) in [6, 6.07) is 7.50. The molecule has 1 N–H and O–H groups in total. The molecule has 1 amide bonds. The van der Waals surface area contributed by atoms with Crippen LogP contribution in [0, 0.1) is 23.3 Å². The number of thioether (sulfide) groups is 1. The third-order valence-electron chi connectivity index (χ3n) is 5.17. The summed E-state index contributed by atoms with van der Waals surface area (Å²) >= 11 is 1.07. The molecule has 1 aliphatic heterocycles. The highest BCUT2D eigenvalue weighted by Crippen LogP contribution is 2.30. The first-order valence-corrected chi connectivity index (χ1v) is 11.1. The Bertz CT molecular complexity index is 1150. The number of rotatable bonds is 7. The van der Waals surface area contributed by atoms with Gasteiger partial charge in [0.05, 0.1) is 23.6 Å². The molecular formula is C22H20F4N4O2S. The molecule has 33 heavy (non-hydrogen) atoms. The smallest absolute Gasteiger partial charge is 0.237 e. The first-order chi connectivity index (χ1) is 15.8. The molecule has 4 rings (SSSR count). The first-order valence-electron chi connectivity index (χ1n) is 10.2. The van der Waals surface area contributed by atoms with Gasteiger partial charge in [0.2, 0.25) is 5.91 Å². The molecule has 0 spiro atoms. The van der Waals surface area contributed by atoms with Gasteiger partial charge in [0.15, 0.2) is 28.4 Å². The van der Waals surface area contributed by atoms with Gasteiger partial charge in [-0.05, 0) is 56.2 Å². The zero-order valence-electron chi connectivity index (χ0n) is 17.5. The van der Waals surface area contributed by atoms with Crippen molar-refractivity contribution in [2.24, 2.45) is 0 Å². The lowest BCUT2D eigenvalue weighted by Gasteiger charge is -2.17. The second kappa shape index (κ2) is 9.92. The van der Waals surface area contributed by atoms with Crippen molar-refractivity contribution < 1.29 is 27.1 Å². The van der Waals surface area contributed by atoms with Crippen LogP contribution in [0.1, 0.15) is 19.8 Å². The molecule has 1 aromatic heterocycles. The summed E-state index contributed by atoms with van der Waals surface area (Å²) in [4.78, 5) is 12.6. The number of ether oxygens (including phenoxy) is 1. The molecule has 0 saturated carbocycles. The van der Waals surface area contributed by atoms with Crippen LogP contribution in [0.25, 0.3) is 11.4 Å². The third-order valence-corrected chi connectivity index (χ3v) is 6.25. The van der Waals surface area contributed by atoms with Crippen LogP contribution >= 0.6 is 11.8 Å². The van der Waals surface area contributed by atoms with Crippen molar-refractivity contribution in [3.05, 3.63) is 59.7 Å². The van der Waals surface area contributed by atoms with Crippen LogP contribution in [-0.2, 0) is 16.1 Å². The first kappa shape index (κ1) is 23.2. The summed E-state index contributed by atoms with van der Waals surface area (Å²) in [6.45, 7) is 2.66. The van der Waals surface area contributed by atoms with Crippen molar-refractivity contribution in [3.63, 3.8) is 0 Å². The fraction of sp³-hybridized carbons (Fsp3) is 0.318. The van der Waals surface area contributed by atoms with Gasteiger partial charge in [0, 0.05) is 12.2 Å². The molecule has 3 aromatic rings. The molecule has 174 valence electrons. The second-order valence-corrected chi connectivity index (χ2v) is 8.84. The van der Waals surface area contributed by atoms with Gasteiger partial charge in [-0.3, -0.25) is 9.36 Å². The lowest BCUT2D eigenvalue weighted by atomic mass is 10.2. The highest BCUT2D eigenvalue weighted by molar-refractivity contribution is 8.00. The van der Waals surface area contributed by atoms with E-state index < -0.39 is 34.3 Å². The number of nitrogens with zero attached hydrogens (tertiary/aromatic N) is 3. The summed E-state index contributed by atoms with van der Waals surface area (Å²) in [6.07, 6.45) is 1.73. The molecular weight excluding hydrogens is 460 g/mol. The molecule has 2 unspecified atom stereocenters. The van der Waals surface area contributed by atoms with E-state index in [1.54, 1.807) is 23.6 Å². The SMILES string of the molecule is CC(Sc1nnc(-c2ccc(F)cc2)n1CC1CCCO1)C(=O)Nc1ccc(F)c(F)c1F. The molecule has 0 aliphatic carbocycles. The Labute approximate surface area is 191 Å². The van der Waals surface area contributed by atoms with Gasteiger partial charge in [-0.25, -0.2) is 17.6 Å². The Hall–Kier alpha value is -2.92. The maximum atomic E-state index is 13.9. The second-order valence-electron chi connectivity index (χ2n) is 7.53. The third kappa shape index (κ3) is 5.19. The number of anilines is 1. The van der Waals surface area contributed by atoms with E-state index in [2.05, 4.69) is 15.5 Å². The lowest BCUT2D eigenvalue weighted by Crippen LogP contribution is -2.24. The summed E-state index contributed by atoms with van der Waals surface area (Å²) in [7, 11) is 0. The van der Waals surface area contributed by atoms with Crippen LogP contribution in [0.2, 0.25) is 0 Å². The van der Waals surface area contributed by atoms with E-state index in [0.717, 1.165) is 36.7 Å². The van der Waals surface area contributed by atoms with Crippen LogP contribution < -0.4 is 5.32 Å². The number of hydrogen-bond acceptors (Lipinski definition) is 5. The van der Waals surface area contributed by atoms with Gasteiger partial charge >= 0.3 is 0 Å². The van der Waals surface area contributed by atoms with Crippen molar-refractivity contribution in [2.45, 2.75) is 42.8 Å². The Balaban J connectivity index is 1.55. The Morgan fingerprint density at radius 3 is 2.61 bits per heavy atom. The zero-order chi connectivity index (χ0) is 23.5. The molecule has 2 aromatic carbocycles. The number of halogens is 4. The molecule has 6 nitrogen and oxygen atoms in total. The lowest BCUT2D eigenvalue weighted by molar-refractivity contribution is -0.115. The minimum Gasteiger partial charge on any atom is -0.376 e. The van der Waals surface area contributed by atoms with E-state index in [4.69, 9.17) is 4.74 Å². The average Bonchev–Trinajstić information content (AvgIpc) is 3.45. The van der Waals surface area contributed by atoms with Crippen LogP contribution in [0.15, 0.2) is 41.6 Å². The van der Waals surface area contributed by atoms with Crippen molar-refractivity contribution in [2.75, 3.05) is 11.9 Å². The van der Waals surface area contributed by atoms with E-state index in [9.17, 15) is 22.4 Å². The Morgan fingerprint density at radius 2 is 1.91 bits per heavy atom. The summed E-state index contributed by atoms with van der Waals surface area (Å²) in [5, 5.41) is 10.3. The summed E-state index contributed by atoms with van der Waals surface area (Å²) in [5.74, 6) is -4.99. The molecule has 0 radical (unpaired) electrons. The predicted molar refractivity (Wildman–Crippen MR) is 115 cm³/mol. The Morgan fingerprint density at radius 1 is 1.15 bits per heavy atom. The van der Waals surface area contributed by atoms with Crippen molar-refractivity contribution >= 4 is 23.4 Å². The quantitative estimate of drug-likeness (QED) is 0.299. The zero-order valence-corrected chi connectivity index (χ0v) is 18.3. The molecule has 1 aliphatic rings. The molecule has 2 atom stereocenters. The van der Waals surface area contributed by atoms with Gasteiger partial charge in [0.25, 0.3) is 0 Å². The maximum absolute atomic E-state index is 13.9. The number of carbonyl (C=O) groups excluding carboxylic acids is 1. The Kier molecular flexibility index (Phi) is 6.99. The average molecular weight is 480 g/mol. The van der Waals surface area contributed by atoms with Crippen LogP contribution in [-0.4, -0.2) is 38.6 Å². The topological polar surface area (TPSA) is 69.0 Å². The van der Waals surface area contributed by atoms with E-state index in [-0.39, 0.29) is 11.9 Å². The fourth-order valence-electron chi connectivity index (χ4n) is 3.41. The van der Waals surface area contributed by atoms with E-state index in [0.29, 0.717) is 29.7 Å². The largest absolute Gasteiger partial charge is 0.376 e. The minimum absolute atomic E-state index is 0.0556. The summed E-state index contributed by atoms with van der Waals surface area (Å²) < 4.78 is 61.4. The highest BCUT2D eigenvalue weighted by Gasteiger charge is 2.25. The van der Waals surface area contributed by atoms with Gasteiger partial charge in [-0.2, -0.15) is 0 Å². The van der Waals surface area contributed by atoms with Gasteiger partial charge in [-0.15, -0.1) is 10.2 Å². The van der Waals surface area contributed by atoms with E-state index in [1.807, 2.05) is 0 Å². The van der Waals surface area contributed by atoms with Crippen molar-refractivity contribution in [3.8, 4) is 11.4 Å². The summed E-state index contributed by atoms with van der Waals surface area (Å²) in [5.41, 5.74) is 0.189. The van der Waals surface area contributed by atoms with Crippen LogP contribution in [0.3, 0.4) is 0 Å². The van der Waals surface area contributed by atoms with Crippen molar-refractivity contribution in [1.82, 2.24) is 14.8 Å². The number of benzene rings is 2. The van der Waals surface area contributed by atoms with Crippen LogP contribution in [0.4, 0.5) is 23.2 Å². The van der Waals surface area contributed by atoms with Gasteiger partial charge in [-0.1, -0.05) is 11.8 Å². The number of hydrogen-bond donors (Lipinski definition) is 1. The van der Waals surface area contributed by atoms with Crippen LogP contribution in [0.5, 0.6) is 0 Å². The van der Waals surface area contributed by atoms with Gasteiger partial charge in [0.1, 0.15) is 5.82 Å². The number of carbonyl (C=O) groups is 1. The monoisotopic (exact) mass is 480 g/mol. The maximum Gasteiger partial charge on any atom is 0.237 e. The van der Waals surface area contributed by atoms with E-state index in [1.165, 1.54) is 12.1 Å². The molecule has 1 fully saturated rings.